The summed E-state index contributed by atoms with van der Waals surface area (Å²) in [7, 11) is 0. The Morgan fingerprint density at radius 2 is 1.41 bits per heavy atom. The number of unbranched alkanes of at least 4 members (excludes halogenated alkanes) is 5. The molecule has 0 fully saturated rings. The van der Waals surface area contributed by atoms with E-state index in [1.165, 1.54) is 12.8 Å². The van der Waals surface area contributed by atoms with Gasteiger partial charge in [-0.15, -0.1) is 0 Å². The highest BCUT2D eigenvalue weighted by Gasteiger charge is 2.13. The topological polar surface area (TPSA) is 40.6 Å². The van der Waals surface area contributed by atoms with Crippen LogP contribution in [0.4, 0.5) is 0 Å². The van der Waals surface area contributed by atoms with Crippen molar-refractivity contribution in [1.82, 2.24) is 9.80 Å². The van der Waals surface area contributed by atoms with Gasteiger partial charge in [0.1, 0.15) is 0 Å². The molecule has 0 spiro atoms. The predicted octanol–water partition coefficient (Wildman–Crippen LogP) is 3.84. The molecule has 0 aromatic carbocycles. The molecule has 0 atom stereocenters. The van der Waals surface area contributed by atoms with Crippen molar-refractivity contribution in [1.29, 1.82) is 0 Å². The van der Waals surface area contributed by atoms with Crippen LogP contribution in [-0.2, 0) is 9.59 Å². The molecule has 0 aliphatic rings. The van der Waals surface area contributed by atoms with Crippen LogP contribution in [0, 0.1) is 0 Å². The first kappa shape index (κ1) is 20.9. The lowest BCUT2D eigenvalue weighted by atomic mass is 10.1. The highest BCUT2D eigenvalue weighted by molar-refractivity contribution is 5.76. The van der Waals surface area contributed by atoms with Crippen LogP contribution in [0.15, 0.2) is 0 Å². The average molecular weight is 312 g/mol. The Morgan fingerprint density at radius 1 is 0.773 bits per heavy atom. The van der Waals surface area contributed by atoms with Crippen LogP contribution in [0.3, 0.4) is 0 Å². The van der Waals surface area contributed by atoms with E-state index in [0.717, 1.165) is 58.0 Å². The van der Waals surface area contributed by atoms with E-state index >= 15 is 0 Å². The van der Waals surface area contributed by atoms with Gasteiger partial charge in [0.2, 0.25) is 12.3 Å². The molecule has 22 heavy (non-hydrogen) atoms. The van der Waals surface area contributed by atoms with Crippen LogP contribution < -0.4 is 0 Å². The van der Waals surface area contributed by atoms with Crippen LogP contribution >= 0.6 is 0 Å². The molecule has 0 aromatic heterocycles. The van der Waals surface area contributed by atoms with Crippen LogP contribution in [0.2, 0.25) is 0 Å². The van der Waals surface area contributed by atoms with Crippen LogP contribution in [0.25, 0.3) is 0 Å². The molecule has 4 heteroatoms. The lowest BCUT2D eigenvalue weighted by Crippen LogP contribution is -2.39. The van der Waals surface area contributed by atoms with Gasteiger partial charge in [-0.2, -0.15) is 0 Å². The van der Waals surface area contributed by atoms with Gasteiger partial charge in [-0.3, -0.25) is 9.59 Å². The fraction of sp³-hybridized carbons (Fsp3) is 0.889. The highest BCUT2D eigenvalue weighted by Crippen LogP contribution is 2.07. The monoisotopic (exact) mass is 312 g/mol. The summed E-state index contributed by atoms with van der Waals surface area (Å²) in [5.74, 6) is 0.255. The predicted molar refractivity (Wildman–Crippen MR) is 92.8 cm³/mol. The van der Waals surface area contributed by atoms with E-state index in [1.807, 2.05) is 4.90 Å². The van der Waals surface area contributed by atoms with E-state index in [9.17, 15) is 9.59 Å². The van der Waals surface area contributed by atoms with Crippen molar-refractivity contribution in [3.63, 3.8) is 0 Å². The molecule has 0 aliphatic carbocycles. The van der Waals surface area contributed by atoms with Crippen molar-refractivity contribution < 1.29 is 9.59 Å². The molecule has 0 rings (SSSR count). The molecule has 0 saturated heterocycles. The number of amides is 2. The normalized spacial score (nSPS) is 10.5. The van der Waals surface area contributed by atoms with Crippen molar-refractivity contribution in [3.05, 3.63) is 0 Å². The van der Waals surface area contributed by atoms with Gasteiger partial charge < -0.3 is 9.80 Å². The minimum atomic E-state index is 0.255. The van der Waals surface area contributed by atoms with Gasteiger partial charge in [0, 0.05) is 32.6 Å². The molecule has 0 bridgehead atoms. The average Bonchev–Trinajstić information content (AvgIpc) is 2.54. The fourth-order valence-electron chi connectivity index (χ4n) is 2.40. The highest BCUT2D eigenvalue weighted by atomic mass is 16.2. The Bertz CT molecular complexity index is 282. The van der Waals surface area contributed by atoms with E-state index < -0.39 is 0 Å². The molecule has 2 amide bonds. The number of hydrogen-bond donors (Lipinski definition) is 0. The fourth-order valence-corrected chi connectivity index (χ4v) is 2.40. The van der Waals surface area contributed by atoms with E-state index in [1.54, 1.807) is 4.90 Å². The van der Waals surface area contributed by atoms with Gasteiger partial charge in [0.25, 0.3) is 0 Å². The van der Waals surface area contributed by atoms with Crippen molar-refractivity contribution in [2.45, 2.75) is 78.6 Å². The lowest BCUT2D eigenvalue weighted by Gasteiger charge is -2.26. The van der Waals surface area contributed by atoms with Gasteiger partial charge in [0.15, 0.2) is 0 Å². The minimum absolute atomic E-state index is 0.255. The number of carbonyl (C=O) groups excluding carboxylic acids is 2. The summed E-state index contributed by atoms with van der Waals surface area (Å²) in [5.41, 5.74) is 0. The summed E-state index contributed by atoms with van der Waals surface area (Å²) in [4.78, 5) is 27.2. The Hall–Kier alpha value is -1.06. The van der Waals surface area contributed by atoms with Crippen molar-refractivity contribution in [3.8, 4) is 0 Å². The summed E-state index contributed by atoms with van der Waals surface area (Å²) in [6.45, 7) is 9.40. The Labute approximate surface area is 137 Å². The van der Waals surface area contributed by atoms with Crippen LogP contribution in [-0.4, -0.2) is 48.3 Å². The van der Waals surface area contributed by atoms with Gasteiger partial charge in [0.05, 0.1) is 0 Å². The summed E-state index contributed by atoms with van der Waals surface area (Å²) >= 11 is 0. The smallest absolute Gasteiger partial charge is 0.222 e. The third-order valence-corrected chi connectivity index (χ3v) is 3.98. The molecule has 0 saturated carbocycles. The third-order valence-electron chi connectivity index (χ3n) is 3.98. The molecular weight excluding hydrogens is 276 g/mol. The first-order valence-corrected chi connectivity index (χ1v) is 9.16. The molecule has 0 radical (unpaired) electrons. The summed E-state index contributed by atoms with van der Waals surface area (Å²) in [6, 6.07) is 0. The molecule has 4 nitrogen and oxygen atoms in total. The summed E-state index contributed by atoms with van der Waals surface area (Å²) in [5, 5.41) is 0. The first-order valence-electron chi connectivity index (χ1n) is 9.16. The minimum Gasteiger partial charge on any atom is -0.343 e. The number of nitrogens with zero attached hydrogens (tertiary/aromatic N) is 2. The van der Waals surface area contributed by atoms with Crippen LogP contribution in [0.1, 0.15) is 78.6 Å². The zero-order valence-electron chi connectivity index (χ0n) is 15.0. The molecule has 0 N–H and O–H groups in total. The second kappa shape index (κ2) is 14.9. The van der Waals surface area contributed by atoms with Crippen LogP contribution in [0.5, 0.6) is 0 Å². The summed E-state index contributed by atoms with van der Waals surface area (Å²) in [6.07, 6.45) is 10.3. The molecular formula is C18H36N2O2. The van der Waals surface area contributed by atoms with Gasteiger partial charge >= 0.3 is 0 Å². The first-order chi connectivity index (χ1) is 10.7. The maximum atomic E-state index is 12.3. The number of rotatable bonds is 15. The Kier molecular flexibility index (Phi) is 14.1. The van der Waals surface area contributed by atoms with E-state index in [0.29, 0.717) is 19.5 Å². The molecule has 0 heterocycles. The van der Waals surface area contributed by atoms with Crippen molar-refractivity contribution in [2.24, 2.45) is 0 Å². The third kappa shape index (κ3) is 10.6. The Morgan fingerprint density at radius 3 is 2.00 bits per heavy atom. The maximum absolute atomic E-state index is 12.3. The zero-order chi connectivity index (χ0) is 16.6. The second-order valence-electron chi connectivity index (χ2n) is 6.04. The zero-order valence-corrected chi connectivity index (χ0v) is 15.0. The maximum Gasteiger partial charge on any atom is 0.222 e. The van der Waals surface area contributed by atoms with Crippen molar-refractivity contribution >= 4 is 12.3 Å². The SMILES string of the molecule is CCCCCCC(=O)N(CCCC)CCN(C=O)CCCC. The largest absolute Gasteiger partial charge is 0.343 e. The van der Waals surface area contributed by atoms with Gasteiger partial charge in [-0.25, -0.2) is 0 Å². The van der Waals surface area contributed by atoms with Gasteiger partial charge in [-0.05, 0) is 19.3 Å². The van der Waals surface area contributed by atoms with E-state index in [-0.39, 0.29) is 5.91 Å². The summed E-state index contributed by atoms with van der Waals surface area (Å²) < 4.78 is 0. The van der Waals surface area contributed by atoms with Gasteiger partial charge in [-0.1, -0.05) is 52.9 Å². The Balaban J connectivity index is 4.23. The van der Waals surface area contributed by atoms with E-state index in [4.69, 9.17) is 0 Å². The molecule has 0 aromatic rings. The molecule has 0 unspecified atom stereocenters. The number of hydrogen-bond acceptors (Lipinski definition) is 2. The quantitative estimate of drug-likeness (QED) is 0.340. The molecule has 0 aliphatic heterocycles. The standard InChI is InChI=1S/C18H36N2O2/c1-4-7-10-11-12-18(22)20(14-9-6-3)16-15-19(17-21)13-8-5-2/h17H,4-16H2,1-3H3. The molecule has 130 valence electrons. The van der Waals surface area contributed by atoms with Crippen molar-refractivity contribution in [2.75, 3.05) is 26.2 Å². The van der Waals surface area contributed by atoms with E-state index in [2.05, 4.69) is 20.8 Å². The second-order valence-corrected chi connectivity index (χ2v) is 6.04. The number of carbonyl (C=O) groups is 2. The lowest BCUT2D eigenvalue weighted by molar-refractivity contribution is -0.132.